The fraction of sp³-hybridized carbons (Fsp3) is 0.571. The van der Waals surface area contributed by atoms with Crippen LogP contribution in [0.2, 0.25) is 0 Å². The van der Waals surface area contributed by atoms with Crippen LogP contribution in [0.15, 0.2) is 23.1 Å². The number of rotatable bonds is 1. The summed E-state index contributed by atoms with van der Waals surface area (Å²) in [7, 11) is 2.09. The Labute approximate surface area is 108 Å². The zero-order valence-electron chi connectivity index (χ0n) is 11.0. The smallest absolute Gasteiger partial charge is 0.0643 e. The molecule has 17 heavy (non-hydrogen) atoms. The molecule has 1 aliphatic rings. The Hall–Kier alpha value is -0.670. The van der Waals surface area contributed by atoms with E-state index >= 15 is 0 Å². The van der Waals surface area contributed by atoms with Crippen LogP contribution in [0.25, 0.3) is 0 Å². The zero-order chi connectivity index (χ0) is 12.6. The third-order valence-electron chi connectivity index (χ3n) is 3.35. The quantitative estimate of drug-likeness (QED) is 0.830. The molecule has 3 heteroatoms. The molecular weight excluding hydrogens is 230 g/mol. The number of para-hydroxylation sites is 1. The van der Waals surface area contributed by atoms with E-state index in [4.69, 9.17) is 0 Å². The molecule has 0 fully saturated rings. The normalized spacial score (nSPS) is 20.3. The molecular formula is C14H21NOS. The van der Waals surface area contributed by atoms with Gasteiger partial charge in [0.1, 0.15) is 0 Å². The minimum absolute atomic E-state index is 0.136. The van der Waals surface area contributed by atoms with Crippen molar-refractivity contribution in [2.75, 3.05) is 24.3 Å². The molecule has 94 valence electrons. The third kappa shape index (κ3) is 2.31. The van der Waals surface area contributed by atoms with Crippen LogP contribution < -0.4 is 4.90 Å². The second-order valence-corrected chi connectivity index (χ2v) is 6.72. The van der Waals surface area contributed by atoms with Crippen molar-refractivity contribution >= 4 is 17.4 Å². The fourth-order valence-electron chi connectivity index (χ4n) is 2.26. The Kier molecular flexibility index (Phi) is 3.41. The van der Waals surface area contributed by atoms with Gasteiger partial charge in [0.2, 0.25) is 0 Å². The molecule has 0 aromatic heterocycles. The van der Waals surface area contributed by atoms with Crippen molar-refractivity contribution in [3.05, 3.63) is 23.8 Å². The van der Waals surface area contributed by atoms with Gasteiger partial charge in [0, 0.05) is 17.7 Å². The molecule has 0 saturated heterocycles. The van der Waals surface area contributed by atoms with Gasteiger partial charge in [-0.25, -0.2) is 0 Å². The zero-order valence-corrected chi connectivity index (χ0v) is 11.8. The average molecular weight is 251 g/mol. The molecule has 2 nitrogen and oxygen atoms in total. The summed E-state index contributed by atoms with van der Waals surface area (Å²) in [4.78, 5) is 3.58. The Morgan fingerprint density at radius 1 is 1.41 bits per heavy atom. The van der Waals surface area contributed by atoms with Crippen molar-refractivity contribution in [3.63, 3.8) is 0 Å². The van der Waals surface area contributed by atoms with Gasteiger partial charge in [0.15, 0.2) is 0 Å². The lowest BCUT2D eigenvalue weighted by atomic mass is 9.85. The minimum Gasteiger partial charge on any atom is -0.394 e. The number of nitrogens with zero attached hydrogens (tertiary/aromatic N) is 1. The van der Waals surface area contributed by atoms with Gasteiger partial charge in [-0.15, -0.1) is 11.8 Å². The molecule has 0 radical (unpaired) electrons. The summed E-state index contributed by atoms with van der Waals surface area (Å²) >= 11 is 1.85. The Morgan fingerprint density at radius 2 is 2.12 bits per heavy atom. The Balaban J connectivity index is 2.52. The largest absolute Gasteiger partial charge is 0.394 e. The van der Waals surface area contributed by atoms with E-state index in [2.05, 4.69) is 50.9 Å². The topological polar surface area (TPSA) is 23.5 Å². The first-order valence-electron chi connectivity index (χ1n) is 6.05. The highest BCUT2D eigenvalue weighted by atomic mass is 32.2. The van der Waals surface area contributed by atoms with Crippen LogP contribution in [0.3, 0.4) is 0 Å². The van der Waals surface area contributed by atoms with Crippen LogP contribution >= 0.6 is 11.8 Å². The third-order valence-corrected chi connectivity index (χ3v) is 4.54. The van der Waals surface area contributed by atoms with Crippen molar-refractivity contribution in [1.82, 2.24) is 0 Å². The first-order chi connectivity index (χ1) is 7.95. The average Bonchev–Trinajstić information content (AvgIpc) is 2.28. The maximum Gasteiger partial charge on any atom is 0.0643 e. The highest BCUT2D eigenvalue weighted by Gasteiger charge is 2.29. The number of benzene rings is 1. The van der Waals surface area contributed by atoms with Crippen molar-refractivity contribution in [2.24, 2.45) is 0 Å². The van der Waals surface area contributed by atoms with E-state index in [1.165, 1.54) is 16.1 Å². The van der Waals surface area contributed by atoms with Gasteiger partial charge in [-0.05, 0) is 17.0 Å². The summed E-state index contributed by atoms with van der Waals surface area (Å²) < 4.78 is 0. The van der Waals surface area contributed by atoms with Crippen LogP contribution in [-0.2, 0) is 5.41 Å². The van der Waals surface area contributed by atoms with Crippen LogP contribution in [-0.4, -0.2) is 30.6 Å². The SMILES string of the molecule is CN1c2c(cccc2C(C)(C)C)SCC1CO. The molecule has 0 spiro atoms. The maximum atomic E-state index is 9.43. The molecule has 2 rings (SSSR count). The van der Waals surface area contributed by atoms with Crippen molar-refractivity contribution in [1.29, 1.82) is 0 Å². The molecule has 0 aliphatic carbocycles. The van der Waals surface area contributed by atoms with Gasteiger partial charge in [-0.3, -0.25) is 0 Å². The highest BCUT2D eigenvalue weighted by molar-refractivity contribution is 7.99. The second-order valence-electron chi connectivity index (χ2n) is 5.66. The summed E-state index contributed by atoms with van der Waals surface area (Å²) in [5.74, 6) is 0.966. The minimum atomic E-state index is 0.136. The van der Waals surface area contributed by atoms with Gasteiger partial charge in [-0.1, -0.05) is 32.9 Å². The lowest BCUT2D eigenvalue weighted by molar-refractivity contribution is 0.270. The van der Waals surface area contributed by atoms with Gasteiger partial charge in [-0.2, -0.15) is 0 Å². The van der Waals surface area contributed by atoms with E-state index in [-0.39, 0.29) is 18.1 Å². The van der Waals surface area contributed by atoms with Crippen LogP contribution in [0.1, 0.15) is 26.3 Å². The molecule has 0 amide bonds. The number of anilines is 1. The highest BCUT2D eigenvalue weighted by Crippen LogP contribution is 2.42. The van der Waals surface area contributed by atoms with E-state index in [9.17, 15) is 5.11 Å². The van der Waals surface area contributed by atoms with Crippen LogP contribution in [0, 0.1) is 0 Å². The van der Waals surface area contributed by atoms with Crippen molar-refractivity contribution < 1.29 is 5.11 Å². The number of thioether (sulfide) groups is 1. The van der Waals surface area contributed by atoms with E-state index in [1.807, 2.05) is 11.8 Å². The first kappa shape index (κ1) is 12.8. The molecule has 1 aliphatic heterocycles. The number of fused-ring (bicyclic) bond motifs is 1. The molecule has 1 heterocycles. The predicted octanol–water partition coefficient (Wildman–Crippen LogP) is 2.89. The fourth-order valence-corrected chi connectivity index (χ4v) is 3.53. The van der Waals surface area contributed by atoms with E-state index in [1.54, 1.807) is 0 Å². The van der Waals surface area contributed by atoms with E-state index in [0.717, 1.165) is 5.75 Å². The number of hydrogen-bond donors (Lipinski definition) is 1. The summed E-state index contributed by atoms with van der Waals surface area (Å²) in [6, 6.07) is 6.75. The standard InChI is InChI=1S/C14H21NOS/c1-14(2,3)11-6-5-7-12-13(11)15(4)10(8-16)9-17-12/h5-7,10,16H,8-9H2,1-4H3. The lowest BCUT2D eigenvalue weighted by Crippen LogP contribution is -2.40. The first-order valence-corrected chi connectivity index (χ1v) is 7.03. The predicted molar refractivity (Wildman–Crippen MR) is 75.1 cm³/mol. The summed E-state index contributed by atoms with van der Waals surface area (Å²) in [5.41, 5.74) is 2.80. The maximum absolute atomic E-state index is 9.43. The van der Waals surface area contributed by atoms with Crippen molar-refractivity contribution in [3.8, 4) is 0 Å². The molecule has 1 unspecified atom stereocenters. The van der Waals surface area contributed by atoms with Crippen molar-refractivity contribution in [2.45, 2.75) is 37.1 Å². The molecule has 1 atom stereocenters. The molecule has 1 aromatic rings. The number of hydrogen-bond acceptors (Lipinski definition) is 3. The lowest BCUT2D eigenvalue weighted by Gasteiger charge is -2.38. The number of aliphatic hydroxyl groups excluding tert-OH is 1. The Morgan fingerprint density at radius 3 is 2.71 bits per heavy atom. The monoisotopic (exact) mass is 251 g/mol. The molecule has 1 aromatic carbocycles. The molecule has 1 N–H and O–H groups in total. The summed E-state index contributed by atoms with van der Waals surface area (Å²) in [5, 5.41) is 9.43. The van der Waals surface area contributed by atoms with E-state index in [0.29, 0.717) is 0 Å². The van der Waals surface area contributed by atoms with E-state index < -0.39 is 0 Å². The van der Waals surface area contributed by atoms with Crippen LogP contribution in [0.5, 0.6) is 0 Å². The summed E-state index contributed by atoms with van der Waals surface area (Å²) in [6.45, 7) is 6.94. The second kappa shape index (κ2) is 4.54. The van der Waals surface area contributed by atoms with Gasteiger partial charge in [0.05, 0.1) is 18.3 Å². The molecule has 0 saturated carbocycles. The van der Waals surface area contributed by atoms with Gasteiger partial charge < -0.3 is 10.0 Å². The van der Waals surface area contributed by atoms with Gasteiger partial charge in [0.25, 0.3) is 0 Å². The summed E-state index contributed by atoms with van der Waals surface area (Å²) in [6.07, 6.45) is 0. The Bertz CT molecular complexity index is 411. The number of aliphatic hydroxyl groups is 1. The van der Waals surface area contributed by atoms with Crippen LogP contribution in [0.4, 0.5) is 5.69 Å². The van der Waals surface area contributed by atoms with Gasteiger partial charge >= 0.3 is 0 Å². The molecule has 0 bridgehead atoms. The number of likely N-dealkylation sites (N-methyl/N-ethyl adjacent to an activating group) is 1.